The first-order valence-electron chi connectivity index (χ1n) is 10.8. The molecule has 0 aliphatic carbocycles. The minimum atomic E-state index is -4.47. The van der Waals surface area contributed by atoms with Crippen molar-refractivity contribution in [3.63, 3.8) is 0 Å². The predicted octanol–water partition coefficient (Wildman–Crippen LogP) is 4.60. The zero-order valence-corrected chi connectivity index (χ0v) is 20.3. The number of carbonyl (C=O) groups is 1. The molecule has 0 atom stereocenters. The second kappa shape index (κ2) is 9.96. The molecule has 3 aromatic rings. The highest BCUT2D eigenvalue weighted by Crippen LogP contribution is 2.33. The number of benzene rings is 2. The lowest BCUT2D eigenvalue weighted by Gasteiger charge is -2.34. The molecule has 2 N–H and O–H groups in total. The number of hydrogen-bond acceptors (Lipinski definition) is 6. The van der Waals surface area contributed by atoms with Crippen LogP contribution < -0.4 is 14.9 Å². The van der Waals surface area contributed by atoms with Crippen molar-refractivity contribution in [2.75, 3.05) is 29.6 Å². The minimum Gasteiger partial charge on any atom is -0.370 e. The molecule has 1 aliphatic rings. The largest absolute Gasteiger partial charge is 0.416 e. The van der Waals surface area contributed by atoms with Crippen LogP contribution >= 0.6 is 11.3 Å². The van der Waals surface area contributed by atoms with Gasteiger partial charge in [-0.3, -0.25) is 4.79 Å². The van der Waals surface area contributed by atoms with E-state index in [0.29, 0.717) is 36.6 Å². The lowest BCUT2D eigenvalue weighted by atomic mass is 10.0. The maximum Gasteiger partial charge on any atom is 0.416 e. The van der Waals surface area contributed by atoms with Crippen LogP contribution in [0.1, 0.15) is 28.9 Å². The Labute approximate surface area is 205 Å². The number of alkyl halides is 3. The summed E-state index contributed by atoms with van der Waals surface area (Å²) in [6.07, 6.45) is -2.07. The molecule has 0 spiro atoms. The Morgan fingerprint density at radius 3 is 2.51 bits per heavy atom. The quantitative estimate of drug-likeness (QED) is 0.492. The van der Waals surface area contributed by atoms with Gasteiger partial charge in [-0.1, -0.05) is 24.3 Å². The molecule has 1 fully saturated rings. The number of piperidine rings is 1. The van der Waals surface area contributed by atoms with Gasteiger partial charge in [0.2, 0.25) is 10.0 Å². The molecule has 2 aromatic carbocycles. The summed E-state index contributed by atoms with van der Waals surface area (Å²) in [4.78, 5) is 19.2. The van der Waals surface area contributed by atoms with Crippen LogP contribution in [0.2, 0.25) is 0 Å². The van der Waals surface area contributed by atoms with Gasteiger partial charge in [0.15, 0.2) is 0 Å². The number of rotatable bonds is 6. The highest BCUT2D eigenvalue weighted by atomic mass is 32.2. The molecule has 1 aliphatic heterocycles. The van der Waals surface area contributed by atoms with E-state index in [4.69, 9.17) is 0 Å². The Bertz CT molecular complexity index is 1320. The maximum absolute atomic E-state index is 13.0. The van der Waals surface area contributed by atoms with Gasteiger partial charge in [0.25, 0.3) is 5.91 Å². The van der Waals surface area contributed by atoms with Crippen molar-refractivity contribution in [3.8, 4) is 10.6 Å². The highest BCUT2D eigenvalue weighted by Gasteiger charge is 2.30. The zero-order valence-electron chi connectivity index (χ0n) is 18.7. The first kappa shape index (κ1) is 25.1. The fourth-order valence-corrected chi connectivity index (χ4v) is 5.56. The molecule has 186 valence electrons. The van der Waals surface area contributed by atoms with Gasteiger partial charge in [-0.15, -0.1) is 11.3 Å². The van der Waals surface area contributed by atoms with Gasteiger partial charge >= 0.3 is 6.18 Å². The molecule has 1 amide bonds. The van der Waals surface area contributed by atoms with Gasteiger partial charge in [0, 0.05) is 30.1 Å². The highest BCUT2D eigenvalue weighted by molar-refractivity contribution is 7.88. The number of hydrogen-bond donors (Lipinski definition) is 2. The molecule has 0 unspecified atom stereocenters. The number of amides is 1. The van der Waals surface area contributed by atoms with Crippen molar-refractivity contribution in [2.24, 2.45) is 0 Å². The van der Waals surface area contributed by atoms with E-state index < -0.39 is 27.7 Å². The van der Waals surface area contributed by atoms with E-state index in [9.17, 15) is 26.4 Å². The van der Waals surface area contributed by atoms with E-state index in [1.54, 1.807) is 12.1 Å². The number of halogens is 3. The van der Waals surface area contributed by atoms with Gasteiger partial charge in [0.05, 0.1) is 23.2 Å². The summed E-state index contributed by atoms with van der Waals surface area (Å²) < 4.78 is 64.7. The van der Waals surface area contributed by atoms with Crippen molar-refractivity contribution >= 4 is 38.6 Å². The van der Waals surface area contributed by atoms with Gasteiger partial charge in [0.1, 0.15) is 10.7 Å². The van der Waals surface area contributed by atoms with Crippen molar-refractivity contribution in [3.05, 3.63) is 65.2 Å². The van der Waals surface area contributed by atoms with E-state index in [2.05, 4.69) is 19.9 Å². The second-order valence-corrected chi connectivity index (χ2v) is 10.9. The summed E-state index contributed by atoms with van der Waals surface area (Å²) in [7, 11) is -3.28. The summed E-state index contributed by atoms with van der Waals surface area (Å²) in [5, 5.41) is 4.67. The summed E-state index contributed by atoms with van der Waals surface area (Å²) in [6, 6.07) is 12.0. The molecular formula is C23H23F3N4O3S2. The van der Waals surface area contributed by atoms with Crippen LogP contribution in [0.4, 0.5) is 24.5 Å². The van der Waals surface area contributed by atoms with Gasteiger partial charge in [-0.2, -0.15) is 13.2 Å². The predicted molar refractivity (Wildman–Crippen MR) is 130 cm³/mol. The lowest BCUT2D eigenvalue weighted by molar-refractivity contribution is -0.137. The number of nitrogens with zero attached hydrogens (tertiary/aromatic N) is 2. The van der Waals surface area contributed by atoms with Crippen LogP contribution in [0, 0.1) is 0 Å². The lowest BCUT2D eigenvalue weighted by Crippen LogP contribution is -2.44. The summed E-state index contributed by atoms with van der Waals surface area (Å²) in [5.74, 6) is -0.472. The standard InChI is InChI=1S/C23H23F3N4O3S2/c1-35(32,33)29-17-9-11-30(12-10-17)20-8-3-2-7-18(20)27-21(31)19-14-34-22(28-19)15-5-4-6-16(13-15)23(24,25)26/h2-8,13-14,17,29H,9-12H2,1H3,(H,27,31). The molecular weight excluding hydrogens is 501 g/mol. The number of aromatic nitrogens is 1. The average Bonchev–Trinajstić information content (AvgIpc) is 3.29. The molecule has 2 heterocycles. The molecule has 7 nitrogen and oxygen atoms in total. The Kier molecular flexibility index (Phi) is 7.15. The van der Waals surface area contributed by atoms with Crippen molar-refractivity contribution in [1.82, 2.24) is 9.71 Å². The normalized spacial score (nSPS) is 15.3. The Morgan fingerprint density at radius 1 is 1.11 bits per heavy atom. The third kappa shape index (κ3) is 6.38. The van der Waals surface area contributed by atoms with Gasteiger partial charge in [-0.25, -0.2) is 18.1 Å². The zero-order chi connectivity index (χ0) is 25.2. The third-order valence-electron chi connectivity index (χ3n) is 5.54. The first-order valence-corrected chi connectivity index (χ1v) is 13.5. The number of anilines is 2. The van der Waals surface area contributed by atoms with Crippen LogP contribution in [0.15, 0.2) is 53.9 Å². The number of thiazole rings is 1. The van der Waals surface area contributed by atoms with Crippen molar-refractivity contribution in [2.45, 2.75) is 25.1 Å². The van der Waals surface area contributed by atoms with E-state index in [1.165, 1.54) is 17.5 Å². The summed E-state index contributed by atoms with van der Waals surface area (Å²) in [5.41, 5.74) is 0.983. The van der Waals surface area contributed by atoms with E-state index in [0.717, 1.165) is 35.4 Å². The maximum atomic E-state index is 13.0. The summed E-state index contributed by atoms with van der Waals surface area (Å²) in [6.45, 7) is 1.22. The Balaban J connectivity index is 1.46. The van der Waals surface area contributed by atoms with Crippen LogP contribution in [0.25, 0.3) is 10.6 Å². The molecule has 0 bridgehead atoms. The van der Waals surface area contributed by atoms with Crippen LogP contribution in [0.5, 0.6) is 0 Å². The second-order valence-electron chi connectivity index (χ2n) is 8.24. The fourth-order valence-electron chi connectivity index (χ4n) is 3.92. The first-order chi connectivity index (χ1) is 16.5. The van der Waals surface area contributed by atoms with Crippen molar-refractivity contribution < 1.29 is 26.4 Å². The van der Waals surface area contributed by atoms with E-state index >= 15 is 0 Å². The average molecular weight is 525 g/mol. The van der Waals surface area contributed by atoms with Gasteiger partial charge in [-0.05, 0) is 37.1 Å². The summed E-state index contributed by atoms with van der Waals surface area (Å²) >= 11 is 1.09. The third-order valence-corrected chi connectivity index (χ3v) is 7.20. The minimum absolute atomic E-state index is 0.105. The van der Waals surface area contributed by atoms with E-state index in [-0.39, 0.29) is 17.3 Å². The number of para-hydroxylation sites is 2. The molecule has 0 radical (unpaired) electrons. The molecule has 1 aromatic heterocycles. The monoisotopic (exact) mass is 524 g/mol. The molecule has 4 rings (SSSR count). The van der Waals surface area contributed by atoms with Crippen molar-refractivity contribution in [1.29, 1.82) is 0 Å². The molecule has 0 saturated carbocycles. The Hall–Kier alpha value is -2.96. The number of sulfonamides is 1. The van der Waals surface area contributed by atoms with Crippen LogP contribution in [-0.2, 0) is 16.2 Å². The van der Waals surface area contributed by atoms with Crippen LogP contribution in [-0.4, -0.2) is 44.7 Å². The topological polar surface area (TPSA) is 91.4 Å². The van der Waals surface area contributed by atoms with Gasteiger partial charge < -0.3 is 10.2 Å². The smallest absolute Gasteiger partial charge is 0.370 e. The molecule has 12 heteroatoms. The molecule has 35 heavy (non-hydrogen) atoms. The number of carbonyl (C=O) groups excluding carboxylic acids is 1. The van der Waals surface area contributed by atoms with Crippen LogP contribution in [0.3, 0.4) is 0 Å². The SMILES string of the molecule is CS(=O)(=O)NC1CCN(c2ccccc2NC(=O)c2csc(-c3cccc(C(F)(F)F)c3)n2)CC1. The van der Waals surface area contributed by atoms with E-state index in [1.807, 2.05) is 12.1 Å². The Morgan fingerprint density at radius 2 is 1.83 bits per heavy atom. The fraction of sp³-hybridized carbons (Fsp3) is 0.304. The number of nitrogens with one attached hydrogen (secondary N) is 2. The molecule has 1 saturated heterocycles.